The Morgan fingerprint density at radius 1 is 0.377 bits per heavy atom. The predicted octanol–water partition coefficient (Wildman–Crippen LogP) is 12.6. The molecule has 4 heterocycles. The fourth-order valence-corrected chi connectivity index (χ4v) is 8.38. The van der Waals surface area contributed by atoms with Crippen molar-refractivity contribution in [2.75, 3.05) is 0 Å². The summed E-state index contributed by atoms with van der Waals surface area (Å²) in [4.78, 5) is 20.6. The van der Waals surface area contributed by atoms with Crippen LogP contribution in [0.5, 0.6) is 0 Å². The van der Waals surface area contributed by atoms with Gasteiger partial charge in [0.25, 0.3) is 0 Å². The van der Waals surface area contributed by atoms with Crippen LogP contribution in [0.2, 0.25) is 0 Å². The van der Waals surface area contributed by atoms with Gasteiger partial charge in [0.15, 0.2) is 17.5 Å². The van der Waals surface area contributed by atoms with Crippen molar-refractivity contribution in [3.63, 3.8) is 0 Å². The first-order valence-electron chi connectivity index (χ1n) is 17.4. The van der Waals surface area contributed by atoms with E-state index < -0.39 is 0 Å². The summed E-state index contributed by atoms with van der Waals surface area (Å²) in [6.45, 7) is 0. The van der Waals surface area contributed by atoms with Crippen molar-refractivity contribution in [2.45, 2.75) is 0 Å². The maximum atomic E-state index is 6.72. The van der Waals surface area contributed by atoms with E-state index in [1.54, 1.807) is 11.3 Å². The van der Waals surface area contributed by atoms with E-state index in [0.717, 1.165) is 92.5 Å². The lowest BCUT2D eigenvalue weighted by atomic mass is 9.97. The van der Waals surface area contributed by atoms with Crippen LogP contribution in [0.15, 0.2) is 167 Å². The highest BCUT2D eigenvalue weighted by Gasteiger charge is 2.22. The standard InChI is InChI=1S/C46H26N4O2S/c1-3-13-27(14-4-1)43-48-44(50-45(49-43)34-22-12-24-36-39(34)32-19-9-10-23-35(32)51-36)31-18-8-7-17-29(31)30-20-11-21-33-40-37(52-42(30)33)25-26-38-41(40)47-46(53-38)28-15-5-2-6-16-28/h1-26H. The zero-order valence-electron chi connectivity index (χ0n) is 28.0. The van der Waals surface area contributed by atoms with E-state index in [9.17, 15) is 0 Å². The number of nitrogens with zero attached hydrogens (tertiary/aromatic N) is 4. The van der Waals surface area contributed by atoms with Crippen molar-refractivity contribution in [3.8, 4) is 55.9 Å². The maximum Gasteiger partial charge on any atom is 0.164 e. The predicted molar refractivity (Wildman–Crippen MR) is 215 cm³/mol. The molecule has 0 unspecified atom stereocenters. The number of fused-ring (bicyclic) bond motifs is 8. The molecule has 0 saturated heterocycles. The molecule has 0 radical (unpaired) electrons. The summed E-state index contributed by atoms with van der Waals surface area (Å²) in [6.07, 6.45) is 0. The number of aromatic nitrogens is 4. The minimum atomic E-state index is 0.566. The summed E-state index contributed by atoms with van der Waals surface area (Å²) < 4.78 is 14.1. The maximum absolute atomic E-state index is 6.72. The molecule has 6 nitrogen and oxygen atoms in total. The topological polar surface area (TPSA) is 77.8 Å². The first kappa shape index (κ1) is 29.7. The number of para-hydroxylation sites is 2. The van der Waals surface area contributed by atoms with Gasteiger partial charge in [-0.3, -0.25) is 0 Å². The molecule has 53 heavy (non-hydrogen) atoms. The molecule has 0 amide bonds. The average Bonchev–Trinajstić information content (AvgIpc) is 3.95. The van der Waals surface area contributed by atoms with E-state index in [2.05, 4.69) is 66.7 Å². The van der Waals surface area contributed by atoms with Gasteiger partial charge in [-0.05, 0) is 29.8 Å². The van der Waals surface area contributed by atoms with E-state index in [0.29, 0.717) is 17.5 Å². The summed E-state index contributed by atoms with van der Waals surface area (Å²) in [5.74, 6) is 1.73. The fourth-order valence-electron chi connectivity index (χ4n) is 7.40. The summed E-state index contributed by atoms with van der Waals surface area (Å²) in [7, 11) is 0. The third-order valence-electron chi connectivity index (χ3n) is 9.81. The van der Waals surface area contributed by atoms with Crippen LogP contribution in [-0.4, -0.2) is 19.9 Å². The van der Waals surface area contributed by atoms with Crippen molar-refractivity contribution >= 4 is 65.4 Å². The van der Waals surface area contributed by atoms with Crippen LogP contribution in [0.1, 0.15) is 0 Å². The number of furan rings is 2. The van der Waals surface area contributed by atoms with Gasteiger partial charge in [-0.25, -0.2) is 19.9 Å². The largest absolute Gasteiger partial charge is 0.456 e. The molecule has 0 atom stereocenters. The molecule has 11 aromatic rings. The molecule has 0 spiro atoms. The quantitative estimate of drug-likeness (QED) is 0.178. The number of benzene rings is 7. The van der Waals surface area contributed by atoms with E-state index in [4.69, 9.17) is 28.8 Å². The van der Waals surface area contributed by atoms with E-state index >= 15 is 0 Å². The van der Waals surface area contributed by atoms with Crippen molar-refractivity contribution in [1.29, 1.82) is 0 Å². The number of rotatable bonds is 5. The zero-order chi connectivity index (χ0) is 34.9. The number of thiazole rings is 1. The van der Waals surface area contributed by atoms with Crippen molar-refractivity contribution < 1.29 is 8.83 Å². The molecule has 4 aromatic heterocycles. The van der Waals surface area contributed by atoms with Crippen molar-refractivity contribution in [2.24, 2.45) is 0 Å². The zero-order valence-corrected chi connectivity index (χ0v) is 28.8. The molecule has 0 fully saturated rings. The minimum absolute atomic E-state index is 0.566. The number of hydrogen-bond acceptors (Lipinski definition) is 7. The molecule has 0 saturated carbocycles. The fraction of sp³-hybridized carbons (Fsp3) is 0. The molecule has 7 heteroatoms. The van der Waals surface area contributed by atoms with Gasteiger partial charge in [-0.15, -0.1) is 11.3 Å². The van der Waals surface area contributed by atoms with Gasteiger partial charge in [-0.1, -0.05) is 133 Å². The molecule has 0 N–H and O–H groups in total. The van der Waals surface area contributed by atoms with Crippen LogP contribution >= 0.6 is 11.3 Å². The first-order chi connectivity index (χ1) is 26.3. The van der Waals surface area contributed by atoms with Gasteiger partial charge < -0.3 is 8.83 Å². The molecular weight excluding hydrogens is 673 g/mol. The summed E-state index contributed by atoms with van der Waals surface area (Å²) >= 11 is 1.70. The van der Waals surface area contributed by atoms with Crippen LogP contribution in [0.3, 0.4) is 0 Å². The van der Waals surface area contributed by atoms with Gasteiger partial charge in [0, 0.05) is 44.0 Å². The Bertz CT molecular complexity index is 3180. The molecule has 0 aliphatic rings. The Labute approximate surface area is 306 Å². The average molecular weight is 699 g/mol. The normalized spacial score (nSPS) is 11.8. The van der Waals surface area contributed by atoms with Crippen molar-refractivity contribution in [1.82, 2.24) is 19.9 Å². The van der Waals surface area contributed by atoms with Gasteiger partial charge >= 0.3 is 0 Å². The van der Waals surface area contributed by atoms with Crippen LogP contribution < -0.4 is 0 Å². The van der Waals surface area contributed by atoms with Crippen LogP contribution in [0.4, 0.5) is 0 Å². The lowest BCUT2D eigenvalue weighted by Gasteiger charge is -2.12. The molecule has 0 bridgehead atoms. The minimum Gasteiger partial charge on any atom is -0.456 e. The van der Waals surface area contributed by atoms with Crippen molar-refractivity contribution in [3.05, 3.63) is 158 Å². The SMILES string of the molecule is c1ccc(-c2nc(-c3ccccc3-c3cccc4c3oc3ccc5sc(-c6ccccc6)nc5c34)nc(-c3cccc4oc5ccccc5c34)n2)cc1. The second-order valence-corrected chi connectivity index (χ2v) is 14.0. The van der Waals surface area contributed by atoms with Crippen LogP contribution in [0.25, 0.3) is 110 Å². The Kier molecular flexibility index (Phi) is 6.62. The lowest BCUT2D eigenvalue weighted by Crippen LogP contribution is -2.01. The Balaban J connectivity index is 1.13. The molecule has 11 rings (SSSR count). The third kappa shape index (κ3) is 4.79. The van der Waals surface area contributed by atoms with Gasteiger partial charge in [0.2, 0.25) is 0 Å². The monoisotopic (exact) mass is 698 g/mol. The molecule has 0 aliphatic carbocycles. The Hall–Kier alpha value is -6.96. The second kappa shape index (κ2) is 11.8. The van der Waals surface area contributed by atoms with Gasteiger partial charge in [0.1, 0.15) is 27.3 Å². The molecule has 7 aromatic carbocycles. The molecule has 248 valence electrons. The summed E-state index contributed by atoms with van der Waals surface area (Å²) in [6, 6.07) is 53.2. The lowest BCUT2D eigenvalue weighted by molar-refractivity contribution is 0.669. The van der Waals surface area contributed by atoms with E-state index in [1.165, 1.54) is 0 Å². The smallest absolute Gasteiger partial charge is 0.164 e. The van der Waals surface area contributed by atoms with Crippen LogP contribution in [-0.2, 0) is 0 Å². The van der Waals surface area contributed by atoms with E-state index in [-0.39, 0.29) is 0 Å². The van der Waals surface area contributed by atoms with E-state index in [1.807, 2.05) is 91.0 Å². The van der Waals surface area contributed by atoms with Crippen LogP contribution in [0, 0.1) is 0 Å². The van der Waals surface area contributed by atoms with Gasteiger partial charge in [-0.2, -0.15) is 0 Å². The highest BCUT2D eigenvalue weighted by atomic mass is 32.1. The highest BCUT2D eigenvalue weighted by molar-refractivity contribution is 7.21. The number of hydrogen-bond donors (Lipinski definition) is 0. The third-order valence-corrected chi connectivity index (χ3v) is 10.9. The molecular formula is C46H26N4O2S. The Morgan fingerprint density at radius 3 is 1.83 bits per heavy atom. The first-order valence-corrected chi connectivity index (χ1v) is 18.2. The summed E-state index contributed by atoms with van der Waals surface area (Å²) in [5, 5.41) is 5.02. The second-order valence-electron chi connectivity index (χ2n) is 12.9. The van der Waals surface area contributed by atoms with Gasteiger partial charge in [0.05, 0.1) is 15.6 Å². The molecule has 0 aliphatic heterocycles. The summed E-state index contributed by atoms with van der Waals surface area (Å²) in [5.41, 5.74) is 9.83. The highest BCUT2D eigenvalue weighted by Crippen LogP contribution is 2.44. The Morgan fingerprint density at radius 2 is 0.981 bits per heavy atom.